The molecule has 0 spiro atoms. The molecule has 0 aromatic rings. The van der Waals surface area contributed by atoms with Crippen LogP contribution in [0.4, 0.5) is 0 Å². The summed E-state index contributed by atoms with van der Waals surface area (Å²) in [6.45, 7) is 1.66. The Labute approximate surface area is 73.9 Å². The molecule has 0 aromatic heterocycles. The van der Waals surface area contributed by atoms with Crippen molar-refractivity contribution >= 4 is 0 Å². The van der Waals surface area contributed by atoms with Crippen molar-refractivity contribution in [2.75, 3.05) is 0 Å². The van der Waals surface area contributed by atoms with Gasteiger partial charge in [0.05, 0.1) is 12.2 Å². The second-order valence-electron chi connectivity index (χ2n) is 3.60. The highest BCUT2D eigenvalue weighted by molar-refractivity contribution is 4.67. The number of ether oxygens (including phenoxy) is 1. The Bertz CT molecular complexity index is 122. The van der Waals surface area contributed by atoms with E-state index >= 15 is 0 Å². The van der Waals surface area contributed by atoms with E-state index in [9.17, 15) is 0 Å². The van der Waals surface area contributed by atoms with Gasteiger partial charge in [-0.05, 0) is 19.8 Å². The molecular formula is C9H19NO2. The van der Waals surface area contributed by atoms with Crippen LogP contribution in [-0.2, 0) is 4.74 Å². The third-order valence-corrected chi connectivity index (χ3v) is 2.38. The molecule has 2 atom stereocenters. The maximum absolute atomic E-state index is 9.10. The van der Waals surface area contributed by atoms with Crippen molar-refractivity contribution in [1.29, 1.82) is 0 Å². The van der Waals surface area contributed by atoms with Gasteiger partial charge in [0.15, 0.2) is 0 Å². The molecule has 3 N–H and O–H groups in total. The zero-order valence-electron chi connectivity index (χ0n) is 7.70. The van der Waals surface area contributed by atoms with Crippen LogP contribution in [-0.4, -0.2) is 23.5 Å². The smallest absolute Gasteiger partial charge is 0.131 e. The standard InChI is InChI=1S/C9H19NO2/c1-7(11)9(10)12-8-5-3-2-4-6-8/h7-9,11H,2-6,10H2,1H3. The largest absolute Gasteiger partial charge is 0.389 e. The van der Waals surface area contributed by atoms with Crippen LogP contribution in [0.15, 0.2) is 0 Å². The first-order valence-corrected chi connectivity index (χ1v) is 4.79. The molecule has 72 valence electrons. The molecule has 1 rings (SSSR count). The molecule has 2 unspecified atom stereocenters. The summed E-state index contributed by atoms with van der Waals surface area (Å²) in [6.07, 6.45) is 5.18. The van der Waals surface area contributed by atoms with Crippen LogP contribution in [0.1, 0.15) is 39.0 Å². The zero-order chi connectivity index (χ0) is 8.97. The third-order valence-electron chi connectivity index (χ3n) is 2.38. The lowest BCUT2D eigenvalue weighted by Gasteiger charge is -2.26. The van der Waals surface area contributed by atoms with Gasteiger partial charge < -0.3 is 15.6 Å². The fourth-order valence-electron chi connectivity index (χ4n) is 1.54. The second-order valence-corrected chi connectivity index (χ2v) is 3.60. The van der Waals surface area contributed by atoms with Crippen LogP contribution in [0.3, 0.4) is 0 Å². The van der Waals surface area contributed by atoms with E-state index in [1.807, 2.05) is 0 Å². The van der Waals surface area contributed by atoms with E-state index in [-0.39, 0.29) is 6.10 Å². The average molecular weight is 173 g/mol. The molecule has 1 fully saturated rings. The maximum Gasteiger partial charge on any atom is 0.131 e. The third kappa shape index (κ3) is 3.09. The molecule has 1 saturated carbocycles. The second kappa shape index (κ2) is 4.80. The predicted molar refractivity (Wildman–Crippen MR) is 47.6 cm³/mol. The fraction of sp³-hybridized carbons (Fsp3) is 1.00. The van der Waals surface area contributed by atoms with E-state index in [1.165, 1.54) is 19.3 Å². The highest BCUT2D eigenvalue weighted by Gasteiger charge is 2.19. The van der Waals surface area contributed by atoms with Gasteiger partial charge in [0, 0.05) is 0 Å². The van der Waals surface area contributed by atoms with Crippen LogP contribution >= 0.6 is 0 Å². The summed E-state index contributed by atoms with van der Waals surface area (Å²) in [5.74, 6) is 0. The van der Waals surface area contributed by atoms with Crippen molar-refractivity contribution in [2.24, 2.45) is 5.73 Å². The first-order chi connectivity index (χ1) is 5.70. The molecule has 0 amide bonds. The Morgan fingerprint density at radius 2 is 1.92 bits per heavy atom. The van der Waals surface area contributed by atoms with Gasteiger partial charge in [0.1, 0.15) is 6.23 Å². The number of hydrogen-bond acceptors (Lipinski definition) is 3. The summed E-state index contributed by atoms with van der Waals surface area (Å²) in [5, 5.41) is 9.10. The van der Waals surface area contributed by atoms with Crippen LogP contribution in [0.5, 0.6) is 0 Å². The van der Waals surface area contributed by atoms with Gasteiger partial charge in [-0.1, -0.05) is 19.3 Å². The minimum atomic E-state index is -0.563. The van der Waals surface area contributed by atoms with E-state index < -0.39 is 12.3 Å². The molecule has 0 bridgehead atoms. The molecule has 12 heavy (non-hydrogen) atoms. The quantitative estimate of drug-likeness (QED) is 0.626. The van der Waals surface area contributed by atoms with Gasteiger partial charge in [0.25, 0.3) is 0 Å². The first kappa shape index (κ1) is 9.96. The van der Waals surface area contributed by atoms with Crippen LogP contribution < -0.4 is 5.73 Å². The summed E-state index contributed by atoms with van der Waals surface area (Å²) < 4.78 is 5.48. The SMILES string of the molecule is CC(O)C(N)OC1CCCCC1. The minimum Gasteiger partial charge on any atom is -0.389 e. The van der Waals surface area contributed by atoms with Gasteiger partial charge in [-0.3, -0.25) is 0 Å². The predicted octanol–water partition coefficient (Wildman–Crippen LogP) is 1.00. The number of aliphatic hydroxyl groups is 1. The van der Waals surface area contributed by atoms with Crippen LogP contribution in [0.2, 0.25) is 0 Å². The molecule has 0 aliphatic heterocycles. The topological polar surface area (TPSA) is 55.5 Å². The molecule has 3 nitrogen and oxygen atoms in total. The first-order valence-electron chi connectivity index (χ1n) is 4.79. The van der Waals surface area contributed by atoms with E-state index in [0.717, 1.165) is 12.8 Å². The molecule has 0 saturated heterocycles. The Morgan fingerprint density at radius 3 is 2.42 bits per heavy atom. The van der Waals surface area contributed by atoms with Crippen molar-refractivity contribution in [3.63, 3.8) is 0 Å². The lowest BCUT2D eigenvalue weighted by Crippen LogP contribution is -2.39. The highest BCUT2D eigenvalue weighted by Crippen LogP contribution is 2.21. The monoisotopic (exact) mass is 173 g/mol. The molecular weight excluding hydrogens is 154 g/mol. The summed E-state index contributed by atoms with van der Waals surface area (Å²) in [4.78, 5) is 0. The molecule has 3 heteroatoms. The number of rotatable bonds is 3. The van der Waals surface area contributed by atoms with Crippen molar-refractivity contribution in [3.05, 3.63) is 0 Å². The van der Waals surface area contributed by atoms with Gasteiger partial charge in [0.2, 0.25) is 0 Å². The van der Waals surface area contributed by atoms with Gasteiger partial charge in [-0.2, -0.15) is 0 Å². The van der Waals surface area contributed by atoms with E-state index in [1.54, 1.807) is 6.92 Å². The summed E-state index contributed by atoms with van der Waals surface area (Å²) in [6, 6.07) is 0. The van der Waals surface area contributed by atoms with Crippen molar-refractivity contribution in [3.8, 4) is 0 Å². The lowest BCUT2D eigenvalue weighted by atomic mass is 9.98. The Kier molecular flexibility index (Phi) is 3.98. The molecule has 0 radical (unpaired) electrons. The maximum atomic E-state index is 9.10. The number of aliphatic hydroxyl groups excluding tert-OH is 1. The Balaban J connectivity index is 2.20. The summed E-state index contributed by atoms with van der Waals surface area (Å²) in [7, 11) is 0. The molecule has 0 heterocycles. The van der Waals surface area contributed by atoms with Gasteiger partial charge in [-0.15, -0.1) is 0 Å². The normalized spacial score (nSPS) is 25.2. The van der Waals surface area contributed by atoms with Crippen molar-refractivity contribution in [2.45, 2.75) is 57.5 Å². The fourth-order valence-corrected chi connectivity index (χ4v) is 1.54. The van der Waals surface area contributed by atoms with E-state index in [0.29, 0.717) is 0 Å². The summed E-state index contributed by atoms with van der Waals surface area (Å²) in [5.41, 5.74) is 5.58. The van der Waals surface area contributed by atoms with Crippen LogP contribution in [0.25, 0.3) is 0 Å². The minimum absolute atomic E-state index is 0.281. The van der Waals surface area contributed by atoms with Crippen LogP contribution in [0, 0.1) is 0 Å². The van der Waals surface area contributed by atoms with Crippen molar-refractivity contribution < 1.29 is 9.84 Å². The lowest BCUT2D eigenvalue weighted by molar-refractivity contribution is -0.0783. The number of hydrogen-bond donors (Lipinski definition) is 2. The molecule has 0 aromatic carbocycles. The highest BCUT2D eigenvalue weighted by atomic mass is 16.5. The van der Waals surface area contributed by atoms with Gasteiger partial charge in [-0.25, -0.2) is 0 Å². The number of nitrogens with two attached hydrogens (primary N) is 1. The Morgan fingerprint density at radius 1 is 1.33 bits per heavy atom. The van der Waals surface area contributed by atoms with E-state index in [4.69, 9.17) is 15.6 Å². The average Bonchev–Trinajstić information content (AvgIpc) is 2.06. The van der Waals surface area contributed by atoms with Gasteiger partial charge >= 0.3 is 0 Å². The van der Waals surface area contributed by atoms with E-state index in [2.05, 4.69) is 0 Å². The Hall–Kier alpha value is -0.120. The molecule has 1 aliphatic carbocycles. The molecule has 1 aliphatic rings. The summed E-state index contributed by atoms with van der Waals surface area (Å²) >= 11 is 0. The van der Waals surface area contributed by atoms with Crippen molar-refractivity contribution in [1.82, 2.24) is 0 Å². The zero-order valence-corrected chi connectivity index (χ0v) is 7.70.